The average Bonchev–Trinajstić information content (AvgIpc) is 2.51. The van der Waals surface area contributed by atoms with Gasteiger partial charge in [-0.05, 0) is 50.3 Å². The summed E-state index contributed by atoms with van der Waals surface area (Å²) < 4.78 is 5.43. The predicted molar refractivity (Wildman–Crippen MR) is 100 cm³/mol. The molecule has 2 aromatic carbocycles. The molecule has 0 saturated carbocycles. The highest BCUT2D eigenvalue weighted by atomic mass is 16.5. The van der Waals surface area contributed by atoms with E-state index < -0.39 is 5.60 Å². The number of rotatable bonds is 3. The minimum absolute atomic E-state index is 0.0550. The van der Waals surface area contributed by atoms with Crippen LogP contribution in [0.5, 0.6) is 17.2 Å². The Kier molecular flexibility index (Phi) is 4.44. The molecular formula is C21H24O5. The van der Waals surface area contributed by atoms with Crippen LogP contribution in [0.25, 0.3) is 10.8 Å². The third-order valence-corrected chi connectivity index (χ3v) is 4.85. The lowest BCUT2D eigenvalue weighted by Crippen LogP contribution is -2.35. The number of hydrogen-bond donors (Lipinski definition) is 3. The molecule has 0 aliphatic heterocycles. The minimum atomic E-state index is -1.14. The molecule has 5 nitrogen and oxygen atoms in total. The molecule has 0 radical (unpaired) electrons. The van der Waals surface area contributed by atoms with Crippen LogP contribution in [-0.4, -0.2) is 33.8 Å². The molecule has 2 aromatic rings. The Labute approximate surface area is 152 Å². The van der Waals surface area contributed by atoms with Gasteiger partial charge in [0.1, 0.15) is 17.2 Å². The molecular weight excluding hydrogens is 332 g/mol. The first-order valence-corrected chi connectivity index (χ1v) is 8.61. The third-order valence-electron chi connectivity index (χ3n) is 4.85. The van der Waals surface area contributed by atoms with Gasteiger partial charge in [-0.15, -0.1) is 0 Å². The summed E-state index contributed by atoms with van der Waals surface area (Å²) in [5.41, 5.74) is 1.29. The largest absolute Gasteiger partial charge is 0.507 e. The summed E-state index contributed by atoms with van der Waals surface area (Å²) in [6.07, 6.45) is 2.62. The molecule has 0 bridgehead atoms. The number of Topliss-reactive ketones (excluding diaryl/α,β-unsaturated/α-hetero) is 1. The normalized spacial score (nSPS) is 19.3. The van der Waals surface area contributed by atoms with Gasteiger partial charge in [-0.25, -0.2) is 0 Å². The van der Waals surface area contributed by atoms with E-state index in [2.05, 4.69) is 0 Å². The van der Waals surface area contributed by atoms with E-state index in [9.17, 15) is 20.1 Å². The molecule has 0 amide bonds. The fourth-order valence-electron chi connectivity index (χ4n) is 3.65. The van der Waals surface area contributed by atoms with Gasteiger partial charge in [0.25, 0.3) is 0 Å². The predicted octanol–water partition coefficient (Wildman–Crippen LogP) is 3.65. The highest BCUT2D eigenvalue weighted by molar-refractivity contribution is 6.09. The van der Waals surface area contributed by atoms with E-state index in [1.165, 1.54) is 7.11 Å². The van der Waals surface area contributed by atoms with Crippen LogP contribution in [-0.2, 0) is 12.8 Å². The first kappa shape index (κ1) is 18.3. The lowest BCUT2D eigenvalue weighted by atomic mass is 9.79. The second-order valence-electron chi connectivity index (χ2n) is 7.52. The second kappa shape index (κ2) is 6.32. The Morgan fingerprint density at radius 3 is 2.54 bits per heavy atom. The molecule has 0 fully saturated rings. The van der Waals surface area contributed by atoms with Crippen LogP contribution < -0.4 is 4.74 Å². The summed E-state index contributed by atoms with van der Waals surface area (Å²) in [6.45, 7) is 5.53. The molecule has 138 valence electrons. The number of ketones is 1. The van der Waals surface area contributed by atoms with E-state index in [1.807, 2.05) is 19.9 Å². The van der Waals surface area contributed by atoms with Crippen LogP contribution in [0.3, 0.4) is 0 Å². The molecule has 26 heavy (non-hydrogen) atoms. The van der Waals surface area contributed by atoms with Crippen molar-refractivity contribution in [3.8, 4) is 17.2 Å². The molecule has 1 aliphatic rings. The van der Waals surface area contributed by atoms with Gasteiger partial charge in [0.05, 0.1) is 23.7 Å². The quantitative estimate of drug-likeness (QED) is 0.731. The molecule has 0 heterocycles. The average molecular weight is 356 g/mol. The number of aromatic hydroxyl groups is 2. The number of methoxy groups -OCH3 is 1. The van der Waals surface area contributed by atoms with Crippen molar-refractivity contribution < 1.29 is 24.9 Å². The highest BCUT2D eigenvalue weighted by Gasteiger charge is 2.36. The summed E-state index contributed by atoms with van der Waals surface area (Å²) in [6, 6.07) is 3.49. The molecule has 0 saturated heterocycles. The standard InChI is InChI=1S/C21H24O5/c1-11(2)5-6-14-16(26-4)8-12-7-13-9-21(3,25)10-15(22)17(13)20(24)18(12)19(14)23/h5,7-8,23-25H,6,9-10H2,1-4H3. The van der Waals surface area contributed by atoms with Crippen LogP contribution in [0.15, 0.2) is 23.8 Å². The summed E-state index contributed by atoms with van der Waals surface area (Å²) in [7, 11) is 1.53. The zero-order chi connectivity index (χ0) is 19.2. The maximum Gasteiger partial charge on any atom is 0.169 e. The number of fused-ring (bicyclic) bond motifs is 2. The minimum Gasteiger partial charge on any atom is -0.507 e. The van der Waals surface area contributed by atoms with Gasteiger partial charge in [0.15, 0.2) is 5.78 Å². The zero-order valence-electron chi connectivity index (χ0n) is 15.5. The Morgan fingerprint density at radius 2 is 1.92 bits per heavy atom. The van der Waals surface area contributed by atoms with E-state index in [0.717, 1.165) is 5.57 Å². The van der Waals surface area contributed by atoms with Crippen molar-refractivity contribution in [3.05, 3.63) is 40.5 Å². The lowest BCUT2D eigenvalue weighted by molar-refractivity contribution is 0.0409. The van der Waals surface area contributed by atoms with E-state index in [-0.39, 0.29) is 41.1 Å². The van der Waals surface area contributed by atoms with Crippen molar-refractivity contribution >= 4 is 16.6 Å². The Morgan fingerprint density at radius 1 is 1.23 bits per heavy atom. The van der Waals surface area contributed by atoms with Crippen LogP contribution >= 0.6 is 0 Å². The van der Waals surface area contributed by atoms with E-state index in [0.29, 0.717) is 28.7 Å². The van der Waals surface area contributed by atoms with Gasteiger partial charge in [-0.3, -0.25) is 4.79 Å². The SMILES string of the molecule is COc1cc2cc3c(c(O)c2c(O)c1CC=C(C)C)C(=O)CC(C)(O)C3. The third kappa shape index (κ3) is 3.03. The molecule has 1 unspecified atom stereocenters. The number of hydrogen-bond acceptors (Lipinski definition) is 5. The van der Waals surface area contributed by atoms with Crippen LogP contribution in [0.4, 0.5) is 0 Å². The maximum atomic E-state index is 12.5. The number of aliphatic hydroxyl groups is 1. The maximum absolute atomic E-state index is 12.5. The van der Waals surface area contributed by atoms with E-state index in [4.69, 9.17) is 4.74 Å². The number of phenolic OH excluding ortho intramolecular Hbond substituents is 2. The van der Waals surface area contributed by atoms with Crippen molar-refractivity contribution in [2.75, 3.05) is 7.11 Å². The van der Waals surface area contributed by atoms with Crippen molar-refractivity contribution in [1.82, 2.24) is 0 Å². The Bertz CT molecular complexity index is 934. The molecule has 5 heteroatoms. The molecule has 3 N–H and O–H groups in total. The Balaban J connectivity index is 2.31. The van der Waals surface area contributed by atoms with Gasteiger partial charge < -0.3 is 20.1 Å². The van der Waals surface area contributed by atoms with Crippen molar-refractivity contribution in [1.29, 1.82) is 0 Å². The van der Waals surface area contributed by atoms with Gasteiger partial charge in [-0.1, -0.05) is 11.6 Å². The van der Waals surface area contributed by atoms with Gasteiger partial charge in [0.2, 0.25) is 0 Å². The number of carbonyl (C=O) groups excluding carboxylic acids is 1. The van der Waals surface area contributed by atoms with E-state index in [1.54, 1.807) is 19.1 Å². The van der Waals surface area contributed by atoms with Crippen molar-refractivity contribution in [2.24, 2.45) is 0 Å². The van der Waals surface area contributed by atoms with E-state index >= 15 is 0 Å². The van der Waals surface area contributed by atoms with Crippen LogP contribution in [0, 0.1) is 0 Å². The molecule has 1 atom stereocenters. The summed E-state index contributed by atoms with van der Waals surface area (Å²) >= 11 is 0. The smallest absolute Gasteiger partial charge is 0.169 e. The zero-order valence-corrected chi connectivity index (χ0v) is 15.5. The fourth-order valence-corrected chi connectivity index (χ4v) is 3.65. The fraction of sp³-hybridized carbons (Fsp3) is 0.381. The first-order valence-electron chi connectivity index (χ1n) is 8.61. The summed E-state index contributed by atoms with van der Waals surface area (Å²) in [4.78, 5) is 12.5. The number of phenols is 2. The van der Waals surface area contributed by atoms with Crippen molar-refractivity contribution in [2.45, 2.75) is 45.6 Å². The number of carbonyl (C=O) groups is 1. The monoisotopic (exact) mass is 356 g/mol. The number of allylic oxidation sites excluding steroid dienone is 2. The molecule has 0 aromatic heterocycles. The van der Waals surface area contributed by atoms with Crippen LogP contribution in [0.2, 0.25) is 0 Å². The summed E-state index contributed by atoms with van der Waals surface area (Å²) in [5.74, 6) is -0.114. The lowest BCUT2D eigenvalue weighted by Gasteiger charge is -2.30. The molecule has 0 spiro atoms. The van der Waals surface area contributed by atoms with Gasteiger partial charge >= 0.3 is 0 Å². The van der Waals surface area contributed by atoms with Crippen LogP contribution in [0.1, 0.15) is 48.7 Å². The van der Waals surface area contributed by atoms with Gasteiger partial charge in [-0.2, -0.15) is 0 Å². The molecule has 1 aliphatic carbocycles. The van der Waals surface area contributed by atoms with Gasteiger partial charge in [0, 0.05) is 18.4 Å². The first-order chi connectivity index (χ1) is 12.1. The second-order valence-corrected chi connectivity index (χ2v) is 7.52. The highest BCUT2D eigenvalue weighted by Crippen LogP contribution is 2.46. The Hall–Kier alpha value is -2.53. The summed E-state index contributed by atoms with van der Waals surface area (Å²) in [5, 5.41) is 32.7. The number of ether oxygens (including phenoxy) is 1. The topological polar surface area (TPSA) is 87.0 Å². The van der Waals surface area contributed by atoms with Crippen molar-refractivity contribution in [3.63, 3.8) is 0 Å². The number of benzene rings is 2. The molecule has 3 rings (SSSR count).